The first-order chi connectivity index (χ1) is 8.19. The molecule has 0 atom stereocenters. The quantitative estimate of drug-likeness (QED) is 0.875. The van der Waals surface area contributed by atoms with Gasteiger partial charge < -0.3 is 5.32 Å². The summed E-state index contributed by atoms with van der Waals surface area (Å²) in [6.07, 6.45) is 1.93. The Morgan fingerprint density at radius 2 is 2.18 bits per heavy atom. The molecule has 4 nitrogen and oxygen atoms in total. The SMILES string of the molecule is CC(C)n1ccc(Nc2cccc(C#N)c2)n1. The molecule has 1 heterocycles. The van der Waals surface area contributed by atoms with Crippen LogP contribution in [0.3, 0.4) is 0 Å². The van der Waals surface area contributed by atoms with Crippen LogP contribution >= 0.6 is 0 Å². The summed E-state index contributed by atoms with van der Waals surface area (Å²) in [5, 5.41) is 16.4. The first kappa shape index (κ1) is 11.2. The minimum absolute atomic E-state index is 0.344. The third-order valence-corrected chi connectivity index (χ3v) is 2.40. The Hall–Kier alpha value is -2.28. The van der Waals surface area contributed by atoms with Gasteiger partial charge in [0.25, 0.3) is 0 Å². The highest BCUT2D eigenvalue weighted by Crippen LogP contribution is 2.16. The van der Waals surface area contributed by atoms with Gasteiger partial charge in [0, 0.05) is 24.0 Å². The van der Waals surface area contributed by atoms with Crippen molar-refractivity contribution >= 4 is 11.5 Å². The lowest BCUT2D eigenvalue weighted by molar-refractivity contribution is 0.534. The van der Waals surface area contributed by atoms with Crippen molar-refractivity contribution in [1.82, 2.24) is 9.78 Å². The minimum Gasteiger partial charge on any atom is -0.339 e. The number of nitrogens with zero attached hydrogens (tertiary/aromatic N) is 3. The molecule has 0 bridgehead atoms. The molecule has 2 aromatic rings. The topological polar surface area (TPSA) is 53.6 Å². The number of hydrogen-bond donors (Lipinski definition) is 1. The fraction of sp³-hybridized carbons (Fsp3) is 0.231. The van der Waals surface area contributed by atoms with Crippen LogP contribution in [0.1, 0.15) is 25.5 Å². The van der Waals surface area contributed by atoms with Crippen molar-refractivity contribution in [1.29, 1.82) is 5.26 Å². The predicted octanol–water partition coefficient (Wildman–Crippen LogP) is 3.08. The van der Waals surface area contributed by atoms with Crippen LogP contribution in [0.15, 0.2) is 36.5 Å². The highest BCUT2D eigenvalue weighted by Gasteiger charge is 2.02. The summed E-state index contributed by atoms with van der Waals surface area (Å²) in [6.45, 7) is 4.15. The molecular weight excluding hydrogens is 212 g/mol. The molecule has 0 aliphatic heterocycles. The molecule has 17 heavy (non-hydrogen) atoms. The first-order valence-electron chi connectivity index (χ1n) is 5.51. The van der Waals surface area contributed by atoms with E-state index in [9.17, 15) is 0 Å². The second-order valence-corrected chi connectivity index (χ2v) is 4.09. The van der Waals surface area contributed by atoms with Gasteiger partial charge in [0.15, 0.2) is 5.82 Å². The van der Waals surface area contributed by atoms with E-state index in [1.54, 1.807) is 12.1 Å². The molecule has 0 fully saturated rings. The van der Waals surface area contributed by atoms with Crippen LogP contribution in [0.2, 0.25) is 0 Å². The molecule has 0 aliphatic rings. The van der Waals surface area contributed by atoms with E-state index < -0.39 is 0 Å². The second-order valence-electron chi connectivity index (χ2n) is 4.09. The fourth-order valence-corrected chi connectivity index (χ4v) is 1.51. The van der Waals surface area contributed by atoms with Gasteiger partial charge >= 0.3 is 0 Å². The largest absolute Gasteiger partial charge is 0.339 e. The minimum atomic E-state index is 0.344. The van der Waals surface area contributed by atoms with Gasteiger partial charge in [-0.25, -0.2) is 0 Å². The maximum absolute atomic E-state index is 8.81. The van der Waals surface area contributed by atoms with Crippen LogP contribution in [0.5, 0.6) is 0 Å². The van der Waals surface area contributed by atoms with E-state index in [4.69, 9.17) is 5.26 Å². The van der Waals surface area contributed by atoms with Crippen LogP contribution in [0, 0.1) is 11.3 Å². The number of anilines is 2. The molecule has 1 N–H and O–H groups in total. The molecule has 0 unspecified atom stereocenters. The Labute approximate surface area is 100 Å². The van der Waals surface area contributed by atoms with Crippen molar-refractivity contribution in [2.24, 2.45) is 0 Å². The normalized spacial score (nSPS) is 10.2. The molecule has 1 aromatic heterocycles. The molecule has 1 aromatic carbocycles. The van der Waals surface area contributed by atoms with Crippen molar-refractivity contribution in [2.45, 2.75) is 19.9 Å². The summed E-state index contributed by atoms with van der Waals surface area (Å²) in [7, 11) is 0. The van der Waals surface area contributed by atoms with Gasteiger partial charge in [-0.05, 0) is 32.0 Å². The summed E-state index contributed by atoms with van der Waals surface area (Å²) in [5.41, 5.74) is 1.51. The molecular formula is C13H14N4. The van der Waals surface area contributed by atoms with E-state index in [2.05, 4.69) is 30.3 Å². The van der Waals surface area contributed by atoms with Crippen molar-refractivity contribution < 1.29 is 0 Å². The zero-order valence-electron chi connectivity index (χ0n) is 9.88. The lowest BCUT2D eigenvalue weighted by atomic mass is 10.2. The molecule has 0 amide bonds. The molecule has 0 radical (unpaired) electrons. The highest BCUT2D eigenvalue weighted by molar-refractivity contribution is 5.58. The monoisotopic (exact) mass is 226 g/mol. The number of rotatable bonds is 3. The number of aromatic nitrogens is 2. The average molecular weight is 226 g/mol. The van der Waals surface area contributed by atoms with Crippen LogP contribution in [-0.4, -0.2) is 9.78 Å². The van der Waals surface area contributed by atoms with Crippen molar-refractivity contribution in [3.63, 3.8) is 0 Å². The lowest BCUT2D eigenvalue weighted by Gasteiger charge is -2.05. The Kier molecular flexibility index (Phi) is 3.10. The summed E-state index contributed by atoms with van der Waals surface area (Å²) >= 11 is 0. The van der Waals surface area contributed by atoms with Gasteiger partial charge in [-0.15, -0.1) is 0 Å². The van der Waals surface area contributed by atoms with Gasteiger partial charge in [0.2, 0.25) is 0 Å². The van der Waals surface area contributed by atoms with E-state index in [0.29, 0.717) is 11.6 Å². The predicted molar refractivity (Wildman–Crippen MR) is 67.1 cm³/mol. The van der Waals surface area contributed by atoms with E-state index >= 15 is 0 Å². The van der Waals surface area contributed by atoms with Crippen molar-refractivity contribution in [2.75, 3.05) is 5.32 Å². The van der Waals surface area contributed by atoms with Crippen LogP contribution < -0.4 is 5.32 Å². The molecule has 0 spiro atoms. The van der Waals surface area contributed by atoms with E-state index in [-0.39, 0.29) is 0 Å². The number of hydrogen-bond acceptors (Lipinski definition) is 3. The van der Waals surface area contributed by atoms with Crippen molar-refractivity contribution in [3.05, 3.63) is 42.1 Å². The fourth-order valence-electron chi connectivity index (χ4n) is 1.51. The number of nitrogens with one attached hydrogen (secondary N) is 1. The maximum atomic E-state index is 8.81. The third-order valence-electron chi connectivity index (χ3n) is 2.40. The molecule has 4 heteroatoms. The zero-order chi connectivity index (χ0) is 12.3. The summed E-state index contributed by atoms with van der Waals surface area (Å²) in [4.78, 5) is 0. The van der Waals surface area contributed by atoms with Gasteiger partial charge in [-0.1, -0.05) is 6.07 Å². The van der Waals surface area contributed by atoms with Gasteiger partial charge in [0.1, 0.15) is 0 Å². The summed E-state index contributed by atoms with van der Waals surface area (Å²) in [5.74, 6) is 0.786. The van der Waals surface area contributed by atoms with Crippen LogP contribution in [0.25, 0.3) is 0 Å². The second kappa shape index (κ2) is 4.71. The van der Waals surface area contributed by atoms with Gasteiger partial charge in [-0.3, -0.25) is 4.68 Å². The lowest BCUT2D eigenvalue weighted by Crippen LogP contribution is -2.01. The van der Waals surface area contributed by atoms with E-state index in [1.807, 2.05) is 29.1 Å². The molecule has 2 rings (SSSR count). The Balaban J connectivity index is 2.17. The molecule has 0 saturated heterocycles. The average Bonchev–Trinajstić information content (AvgIpc) is 2.78. The third kappa shape index (κ3) is 2.64. The highest BCUT2D eigenvalue weighted by atomic mass is 15.3. The Morgan fingerprint density at radius 1 is 1.35 bits per heavy atom. The molecule has 86 valence electrons. The van der Waals surface area contributed by atoms with Crippen LogP contribution in [-0.2, 0) is 0 Å². The van der Waals surface area contributed by atoms with Crippen LogP contribution in [0.4, 0.5) is 11.5 Å². The van der Waals surface area contributed by atoms with Gasteiger partial charge in [0.05, 0.1) is 11.6 Å². The number of benzene rings is 1. The molecule has 0 saturated carbocycles. The Bertz CT molecular complexity index is 549. The van der Waals surface area contributed by atoms with E-state index in [0.717, 1.165) is 11.5 Å². The maximum Gasteiger partial charge on any atom is 0.152 e. The Morgan fingerprint density at radius 3 is 2.82 bits per heavy atom. The van der Waals surface area contributed by atoms with Crippen molar-refractivity contribution in [3.8, 4) is 6.07 Å². The smallest absolute Gasteiger partial charge is 0.152 e. The van der Waals surface area contributed by atoms with Gasteiger partial charge in [-0.2, -0.15) is 10.4 Å². The summed E-state index contributed by atoms with van der Waals surface area (Å²) < 4.78 is 1.89. The number of nitriles is 1. The first-order valence-corrected chi connectivity index (χ1v) is 5.51. The van der Waals surface area contributed by atoms with E-state index in [1.165, 1.54) is 0 Å². The zero-order valence-corrected chi connectivity index (χ0v) is 9.88. The molecule has 0 aliphatic carbocycles. The summed E-state index contributed by atoms with van der Waals surface area (Å²) in [6, 6.07) is 11.7. The standard InChI is InChI=1S/C13H14N4/c1-10(2)17-7-6-13(16-17)15-12-5-3-4-11(8-12)9-14/h3-8,10H,1-2H3,(H,15,16).